The number of fused-ring (bicyclic) bond motifs is 1. The quantitative estimate of drug-likeness (QED) is 0.858. The smallest absolute Gasteiger partial charge is 0.132 e. The Morgan fingerprint density at radius 3 is 3.18 bits per heavy atom. The first-order chi connectivity index (χ1) is 8.43. The Morgan fingerprint density at radius 1 is 1.29 bits per heavy atom. The van der Waals surface area contributed by atoms with Crippen LogP contribution in [0, 0.1) is 0 Å². The largest absolute Gasteiger partial charge is 0.368 e. The molecule has 0 radical (unpaired) electrons. The third-order valence-corrected chi connectivity index (χ3v) is 3.07. The fraction of sp³-hybridized carbons (Fsp3) is 0.417. The molecule has 0 bridgehead atoms. The van der Waals surface area contributed by atoms with Crippen LogP contribution >= 0.6 is 0 Å². The Labute approximate surface area is 99.9 Å². The predicted octanol–water partition coefficient (Wildman–Crippen LogP) is 1.27. The summed E-state index contributed by atoms with van der Waals surface area (Å²) in [5.41, 5.74) is 2.51. The Balaban J connectivity index is 1.64. The maximum Gasteiger partial charge on any atom is 0.132 e. The highest BCUT2D eigenvalue weighted by molar-refractivity contribution is 5.47. The highest BCUT2D eigenvalue weighted by atomic mass is 15.3. The second-order valence-electron chi connectivity index (χ2n) is 4.20. The third kappa shape index (κ3) is 2.13. The zero-order chi connectivity index (χ0) is 11.5. The van der Waals surface area contributed by atoms with Gasteiger partial charge in [-0.3, -0.25) is 4.68 Å². The first kappa shape index (κ1) is 10.3. The van der Waals surface area contributed by atoms with Crippen molar-refractivity contribution in [2.24, 2.45) is 0 Å². The predicted molar refractivity (Wildman–Crippen MR) is 64.8 cm³/mol. The van der Waals surface area contributed by atoms with E-state index < -0.39 is 0 Å². The van der Waals surface area contributed by atoms with E-state index in [2.05, 4.69) is 20.4 Å². The number of nitrogens with one attached hydrogen (secondary N) is 1. The van der Waals surface area contributed by atoms with Gasteiger partial charge >= 0.3 is 0 Å². The van der Waals surface area contributed by atoms with Gasteiger partial charge in [0.15, 0.2) is 0 Å². The van der Waals surface area contributed by atoms with Crippen LogP contribution < -0.4 is 5.32 Å². The van der Waals surface area contributed by atoms with E-state index in [1.165, 1.54) is 17.7 Å². The van der Waals surface area contributed by atoms with E-state index in [0.717, 1.165) is 31.7 Å². The molecule has 0 aromatic carbocycles. The number of nitrogens with zero attached hydrogens (tertiary/aromatic N) is 4. The maximum atomic E-state index is 4.32. The van der Waals surface area contributed by atoms with Crippen LogP contribution in [0.3, 0.4) is 0 Å². The Hall–Kier alpha value is -1.91. The fourth-order valence-electron chi connectivity index (χ4n) is 2.23. The number of anilines is 1. The van der Waals surface area contributed by atoms with E-state index in [1.54, 1.807) is 12.5 Å². The van der Waals surface area contributed by atoms with Gasteiger partial charge in [-0.15, -0.1) is 0 Å². The number of hydrogen-bond donors (Lipinski definition) is 1. The van der Waals surface area contributed by atoms with Crippen molar-refractivity contribution in [1.82, 2.24) is 19.7 Å². The molecule has 3 rings (SSSR count). The summed E-state index contributed by atoms with van der Waals surface area (Å²) in [7, 11) is 0. The van der Waals surface area contributed by atoms with Crippen molar-refractivity contribution < 1.29 is 0 Å². The lowest BCUT2D eigenvalue weighted by atomic mass is 10.2. The van der Waals surface area contributed by atoms with Gasteiger partial charge in [0.05, 0.1) is 6.54 Å². The lowest BCUT2D eigenvalue weighted by molar-refractivity contribution is 0.636. The van der Waals surface area contributed by atoms with Crippen molar-refractivity contribution in [3.63, 3.8) is 0 Å². The van der Waals surface area contributed by atoms with Crippen molar-refractivity contribution in [3.05, 3.63) is 36.0 Å². The minimum absolute atomic E-state index is 0.838. The molecule has 0 unspecified atom stereocenters. The molecule has 5 nitrogen and oxygen atoms in total. The van der Waals surface area contributed by atoms with Crippen molar-refractivity contribution in [2.45, 2.75) is 25.8 Å². The second kappa shape index (κ2) is 4.53. The van der Waals surface area contributed by atoms with Crippen LogP contribution in [0.5, 0.6) is 0 Å². The van der Waals surface area contributed by atoms with Gasteiger partial charge in [0.25, 0.3) is 0 Å². The molecule has 1 aliphatic carbocycles. The monoisotopic (exact) mass is 229 g/mol. The van der Waals surface area contributed by atoms with E-state index in [0.29, 0.717) is 0 Å². The van der Waals surface area contributed by atoms with Crippen molar-refractivity contribution >= 4 is 5.82 Å². The summed E-state index contributed by atoms with van der Waals surface area (Å²) in [6.45, 7) is 1.69. The van der Waals surface area contributed by atoms with Gasteiger partial charge in [-0.25, -0.2) is 9.97 Å². The van der Waals surface area contributed by atoms with Crippen molar-refractivity contribution in [2.75, 3.05) is 11.9 Å². The summed E-state index contributed by atoms with van der Waals surface area (Å²) in [4.78, 5) is 8.63. The fourth-order valence-corrected chi connectivity index (χ4v) is 2.23. The van der Waals surface area contributed by atoms with Gasteiger partial charge in [-0.2, -0.15) is 5.10 Å². The first-order valence-corrected chi connectivity index (χ1v) is 5.97. The van der Waals surface area contributed by atoms with Crippen LogP contribution in [0.15, 0.2) is 24.8 Å². The molecule has 0 saturated heterocycles. The molecule has 0 atom stereocenters. The lowest BCUT2D eigenvalue weighted by Crippen LogP contribution is -2.13. The number of aryl methyl sites for hydroxylation is 1. The molecule has 0 aliphatic heterocycles. The topological polar surface area (TPSA) is 55.6 Å². The molecular formula is C12H15N5. The molecule has 0 amide bonds. The summed E-state index contributed by atoms with van der Waals surface area (Å²) in [5, 5.41) is 7.54. The molecule has 0 saturated carbocycles. The van der Waals surface area contributed by atoms with Gasteiger partial charge in [0, 0.05) is 30.2 Å². The average Bonchev–Trinajstić information content (AvgIpc) is 2.99. The number of rotatable bonds is 4. The summed E-state index contributed by atoms with van der Waals surface area (Å²) in [5.74, 6) is 1.000. The van der Waals surface area contributed by atoms with Gasteiger partial charge in [0.2, 0.25) is 0 Å². The SMILES string of the molecule is c1cnn(CCNc2ncnc3c2CCC3)c1. The zero-order valence-corrected chi connectivity index (χ0v) is 9.63. The van der Waals surface area contributed by atoms with Crippen LogP contribution in [-0.4, -0.2) is 26.3 Å². The molecule has 5 heteroatoms. The molecule has 2 aromatic heterocycles. The minimum Gasteiger partial charge on any atom is -0.368 e. The van der Waals surface area contributed by atoms with E-state index in [-0.39, 0.29) is 0 Å². The van der Waals surface area contributed by atoms with Crippen LogP contribution in [0.2, 0.25) is 0 Å². The maximum absolute atomic E-state index is 4.32. The third-order valence-electron chi connectivity index (χ3n) is 3.07. The van der Waals surface area contributed by atoms with Crippen LogP contribution in [0.4, 0.5) is 5.82 Å². The molecule has 2 heterocycles. The molecule has 88 valence electrons. The zero-order valence-electron chi connectivity index (χ0n) is 9.63. The minimum atomic E-state index is 0.838. The van der Waals surface area contributed by atoms with E-state index in [9.17, 15) is 0 Å². The Kier molecular flexibility index (Phi) is 2.73. The van der Waals surface area contributed by atoms with Crippen LogP contribution in [-0.2, 0) is 19.4 Å². The van der Waals surface area contributed by atoms with Crippen LogP contribution in [0.25, 0.3) is 0 Å². The molecule has 0 fully saturated rings. The molecule has 2 aromatic rings. The highest BCUT2D eigenvalue weighted by Crippen LogP contribution is 2.24. The summed E-state index contributed by atoms with van der Waals surface area (Å²) in [6.07, 6.45) is 8.79. The van der Waals surface area contributed by atoms with E-state index in [4.69, 9.17) is 0 Å². The van der Waals surface area contributed by atoms with Crippen molar-refractivity contribution in [1.29, 1.82) is 0 Å². The summed E-state index contributed by atoms with van der Waals surface area (Å²) in [6, 6.07) is 1.93. The normalized spacial score (nSPS) is 13.6. The average molecular weight is 229 g/mol. The molecule has 17 heavy (non-hydrogen) atoms. The van der Waals surface area contributed by atoms with E-state index >= 15 is 0 Å². The van der Waals surface area contributed by atoms with Gasteiger partial charge in [-0.05, 0) is 25.3 Å². The van der Waals surface area contributed by atoms with Gasteiger partial charge < -0.3 is 5.32 Å². The molecule has 0 spiro atoms. The summed E-state index contributed by atoms with van der Waals surface area (Å²) >= 11 is 0. The van der Waals surface area contributed by atoms with E-state index in [1.807, 2.05) is 16.9 Å². The molecule has 1 N–H and O–H groups in total. The van der Waals surface area contributed by atoms with Gasteiger partial charge in [-0.1, -0.05) is 0 Å². The second-order valence-corrected chi connectivity index (χ2v) is 4.20. The summed E-state index contributed by atoms with van der Waals surface area (Å²) < 4.78 is 1.91. The Bertz CT molecular complexity index is 492. The highest BCUT2D eigenvalue weighted by Gasteiger charge is 2.16. The molecular weight excluding hydrogens is 214 g/mol. The van der Waals surface area contributed by atoms with Crippen molar-refractivity contribution in [3.8, 4) is 0 Å². The van der Waals surface area contributed by atoms with Crippen LogP contribution in [0.1, 0.15) is 17.7 Å². The Morgan fingerprint density at radius 2 is 2.29 bits per heavy atom. The standard InChI is InChI=1S/C12H15N5/c1-3-10-11(4-1)14-9-15-12(10)13-6-8-17-7-2-5-16-17/h2,5,7,9H,1,3-4,6,8H2,(H,13,14,15). The lowest BCUT2D eigenvalue weighted by Gasteiger charge is -2.09. The van der Waals surface area contributed by atoms with Gasteiger partial charge in [0.1, 0.15) is 12.1 Å². The number of aromatic nitrogens is 4. The first-order valence-electron chi connectivity index (χ1n) is 5.97. The molecule has 1 aliphatic rings. The number of hydrogen-bond acceptors (Lipinski definition) is 4.